The Kier molecular flexibility index (Phi) is 3.53. The van der Waals surface area contributed by atoms with Gasteiger partial charge in [-0.05, 0) is 19.3 Å². The van der Waals surface area contributed by atoms with Crippen molar-refractivity contribution in [3.8, 4) is 0 Å². The Balaban J connectivity index is 3.23. The van der Waals surface area contributed by atoms with E-state index in [9.17, 15) is 0 Å². The molecule has 0 aliphatic heterocycles. The number of hydrogen-bond donors (Lipinski definition) is 1. The fraction of sp³-hybridized carbons (Fsp3) is 0.714. The van der Waals surface area contributed by atoms with E-state index in [0.29, 0.717) is 5.92 Å². The first kappa shape index (κ1) is 7.70. The van der Waals surface area contributed by atoms with Crippen LogP contribution in [0.3, 0.4) is 0 Å². The molecule has 0 aromatic carbocycles. The summed E-state index contributed by atoms with van der Waals surface area (Å²) in [7, 11) is 0. The minimum atomic E-state index is -0.192. The molecule has 1 heteroatoms. The number of rotatable bonds is 3. The van der Waals surface area contributed by atoms with Crippen molar-refractivity contribution in [1.29, 1.82) is 0 Å². The van der Waals surface area contributed by atoms with E-state index in [4.69, 9.17) is 5.11 Å². The average Bonchev–Trinajstić information content (AvgIpc) is 1.65. The van der Waals surface area contributed by atoms with Gasteiger partial charge in [0.1, 0.15) is 0 Å². The van der Waals surface area contributed by atoms with E-state index in [2.05, 4.69) is 6.58 Å². The fourth-order valence-corrected chi connectivity index (χ4v) is 0.634. The Morgan fingerprint density at radius 3 is 2.25 bits per heavy atom. The van der Waals surface area contributed by atoms with Crippen molar-refractivity contribution in [3.05, 3.63) is 12.7 Å². The lowest BCUT2D eigenvalue weighted by molar-refractivity contribution is 0.172. The van der Waals surface area contributed by atoms with Gasteiger partial charge >= 0.3 is 0 Å². The van der Waals surface area contributed by atoms with Gasteiger partial charge in [0.05, 0.1) is 6.10 Å². The average molecular weight is 114 g/mol. The molecular weight excluding hydrogens is 100 g/mol. The van der Waals surface area contributed by atoms with E-state index in [1.54, 1.807) is 6.92 Å². The molecule has 0 saturated carbocycles. The van der Waals surface area contributed by atoms with Crippen LogP contribution in [0.4, 0.5) is 0 Å². The highest BCUT2D eigenvalue weighted by molar-refractivity contribution is 4.75. The molecule has 48 valence electrons. The maximum Gasteiger partial charge on any atom is 0.0517 e. The van der Waals surface area contributed by atoms with E-state index < -0.39 is 0 Å². The molecular formula is C7H14O. The Labute approximate surface area is 51.0 Å². The van der Waals surface area contributed by atoms with Crippen molar-refractivity contribution in [1.82, 2.24) is 0 Å². The van der Waals surface area contributed by atoms with Crippen LogP contribution >= 0.6 is 0 Å². The van der Waals surface area contributed by atoms with Gasteiger partial charge in [-0.2, -0.15) is 0 Å². The van der Waals surface area contributed by atoms with Crippen LogP contribution in [-0.4, -0.2) is 11.2 Å². The van der Waals surface area contributed by atoms with Gasteiger partial charge in [0, 0.05) is 0 Å². The summed E-state index contributed by atoms with van der Waals surface area (Å²) >= 11 is 0. The molecule has 0 saturated heterocycles. The van der Waals surface area contributed by atoms with E-state index >= 15 is 0 Å². The second kappa shape index (κ2) is 3.67. The summed E-state index contributed by atoms with van der Waals surface area (Å²) in [4.78, 5) is 0. The molecule has 0 aromatic rings. The second-order valence-electron chi connectivity index (χ2n) is 2.30. The predicted molar refractivity (Wildman–Crippen MR) is 35.7 cm³/mol. The largest absolute Gasteiger partial charge is 0.393 e. The second-order valence-corrected chi connectivity index (χ2v) is 2.30. The summed E-state index contributed by atoms with van der Waals surface area (Å²) in [5.41, 5.74) is 0. The van der Waals surface area contributed by atoms with Crippen LogP contribution < -0.4 is 0 Å². The standard InChI is InChI=1S/C7H14O/c1-4-6(2)5-7(3)8/h4,6-8H,1,5H2,2-3H3/t6-,7-/m0/s1. The van der Waals surface area contributed by atoms with E-state index in [1.165, 1.54) is 0 Å². The molecule has 0 unspecified atom stereocenters. The highest BCUT2D eigenvalue weighted by atomic mass is 16.3. The lowest BCUT2D eigenvalue weighted by atomic mass is 10.1. The lowest BCUT2D eigenvalue weighted by Crippen LogP contribution is -2.04. The maximum absolute atomic E-state index is 8.81. The minimum absolute atomic E-state index is 0.192. The Morgan fingerprint density at radius 1 is 1.62 bits per heavy atom. The summed E-state index contributed by atoms with van der Waals surface area (Å²) in [6.07, 6.45) is 2.49. The molecule has 0 aliphatic rings. The molecule has 0 fully saturated rings. The van der Waals surface area contributed by atoms with Gasteiger partial charge in [0.2, 0.25) is 0 Å². The Bertz CT molecular complexity index is 66.8. The quantitative estimate of drug-likeness (QED) is 0.552. The van der Waals surface area contributed by atoms with Crippen molar-refractivity contribution in [2.45, 2.75) is 26.4 Å². The van der Waals surface area contributed by atoms with Crippen LogP contribution in [0.1, 0.15) is 20.3 Å². The van der Waals surface area contributed by atoms with Gasteiger partial charge < -0.3 is 5.11 Å². The molecule has 0 amide bonds. The van der Waals surface area contributed by atoms with Gasteiger partial charge in [-0.3, -0.25) is 0 Å². The van der Waals surface area contributed by atoms with Crippen LogP contribution in [0.25, 0.3) is 0 Å². The minimum Gasteiger partial charge on any atom is -0.393 e. The summed E-state index contributed by atoms with van der Waals surface area (Å²) in [6, 6.07) is 0. The van der Waals surface area contributed by atoms with Gasteiger partial charge in [0.15, 0.2) is 0 Å². The molecule has 8 heavy (non-hydrogen) atoms. The topological polar surface area (TPSA) is 20.2 Å². The van der Waals surface area contributed by atoms with Crippen LogP contribution in [0.15, 0.2) is 12.7 Å². The molecule has 0 rings (SSSR count). The summed E-state index contributed by atoms with van der Waals surface area (Å²) in [5, 5.41) is 8.81. The van der Waals surface area contributed by atoms with Crippen LogP contribution in [0, 0.1) is 5.92 Å². The normalized spacial score (nSPS) is 17.4. The number of hydrogen-bond acceptors (Lipinski definition) is 1. The molecule has 0 radical (unpaired) electrons. The van der Waals surface area contributed by atoms with Gasteiger partial charge in [0.25, 0.3) is 0 Å². The zero-order chi connectivity index (χ0) is 6.57. The first-order chi connectivity index (χ1) is 3.66. The number of aliphatic hydroxyl groups is 1. The smallest absolute Gasteiger partial charge is 0.0517 e. The zero-order valence-corrected chi connectivity index (χ0v) is 5.59. The predicted octanol–water partition coefficient (Wildman–Crippen LogP) is 1.58. The van der Waals surface area contributed by atoms with Crippen molar-refractivity contribution in [3.63, 3.8) is 0 Å². The third kappa shape index (κ3) is 3.88. The molecule has 1 nitrogen and oxygen atoms in total. The lowest BCUT2D eigenvalue weighted by Gasteiger charge is -2.06. The van der Waals surface area contributed by atoms with Crippen molar-refractivity contribution in [2.24, 2.45) is 5.92 Å². The zero-order valence-electron chi connectivity index (χ0n) is 5.59. The molecule has 1 N–H and O–H groups in total. The van der Waals surface area contributed by atoms with Crippen molar-refractivity contribution < 1.29 is 5.11 Å². The Hall–Kier alpha value is -0.300. The summed E-state index contributed by atoms with van der Waals surface area (Å²) < 4.78 is 0. The third-order valence-corrected chi connectivity index (χ3v) is 1.12. The molecule has 0 heterocycles. The molecule has 0 bridgehead atoms. The van der Waals surface area contributed by atoms with Crippen LogP contribution in [0.2, 0.25) is 0 Å². The third-order valence-electron chi connectivity index (χ3n) is 1.12. The Morgan fingerprint density at radius 2 is 2.12 bits per heavy atom. The van der Waals surface area contributed by atoms with Gasteiger partial charge in [-0.1, -0.05) is 13.0 Å². The highest BCUT2D eigenvalue weighted by Gasteiger charge is 1.99. The number of aliphatic hydroxyl groups excluding tert-OH is 1. The molecule has 0 aromatic heterocycles. The van der Waals surface area contributed by atoms with Gasteiger partial charge in [-0.15, -0.1) is 6.58 Å². The first-order valence-corrected chi connectivity index (χ1v) is 2.97. The molecule has 2 atom stereocenters. The molecule has 0 aliphatic carbocycles. The van der Waals surface area contributed by atoms with E-state index in [-0.39, 0.29) is 6.10 Å². The van der Waals surface area contributed by atoms with E-state index in [1.807, 2.05) is 13.0 Å². The first-order valence-electron chi connectivity index (χ1n) is 2.97. The SMILES string of the molecule is C=C[C@H](C)C[C@H](C)O. The van der Waals surface area contributed by atoms with Crippen molar-refractivity contribution >= 4 is 0 Å². The van der Waals surface area contributed by atoms with Crippen LogP contribution in [0.5, 0.6) is 0 Å². The number of allylic oxidation sites excluding steroid dienone is 1. The maximum atomic E-state index is 8.81. The van der Waals surface area contributed by atoms with Crippen molar-refractivity contribution in [2.75, 3.05) is 0 Å². The summed E-state index contributed by atoms with van der Waals surface area (Å²) in [5.74, 6) is 0.440. The van der Waals surface area contributed by atoms with Gasteiger partial charge in [-0.25, -0.2) is 0 Å². The van der Waals surface area contributed by atoms with E-state index in [0.717, 1.165) is 6.42 Å². The highest BCUT2D eigenvalue weighted by Crippen LogP contribution is 2.04. The molecule has 0 spiro atoms. The monoisotopic (exact) mass is 114 g/mol. The van der Waals surface area contributed by atoms with Crippen LogP contribution in [-0.2, 0) is 0 Å². The summed E-state index contributed by atoms with van der Waals surface area (Å²) in [6.45, 7) is 7.44. The fourth-order valence-electron chi connectivity index (χ4n) is 0.634.